The molecule has 0 aromatic carbocycles. The molecule has 0 amide bonds. The van der Waals surface area contributed by atoms with Crippen molar-refractivity contribution in [2.45, 2.75) is 11.8 Å². The van der Waals surface area contributed by atoms with Gasteiger partial charge < -0.3 is 5.11 Å². The first-order chi connectivity index (χ1) is 9.69. The molecule has 0 bridgehead atoms. The van der Waals surface area contributed by atoms with Gasteiger partial charge in [-0.2, -0.15) is 0 Å². The molecule has 11 heteroatoms. The lowest BCUT2D eigenvalue weighted by atomic mass is 10.5. The molecule has 0 aliphatic rings. The van der Waals surface area contributed by atoms with Gasteiger partial charge in [0, 0.05) is 5.69 Å². The van der Waals surface area contributed by atoms with E-state index in [1.807, 2.05) is 0 Å². The maximum Gasteiger partial charge on any atom is 0.345 e. The summed E-state index contributed by atoms with van der Waals surface area (Å²) in [6, 6.07) is 2.53. The van der Waals surface area contributed by atoms with Crippen molar-refractivity contribution in [1.82, 2.24) is 9.97 Å². The number of nitrogens with one attached hydrogen (secondary N) is 1. The van der Waals surface area contributed by atoms with Gasteiger partial charge in [-0.05, 0) is 35.0 Å². The summed E-state index contributed by atoms with van der Waals surface area (Å²) < 4.78 is 26.8. The molecule has 0 spiro atoms. The zero-order chi connectivity index (χ0) is 15.8. The predicted octanol–water partition coefficient (Wildman–Crippen LogP) is 2.76. The summed E-state index contributed by atoms with van der Waals surface area (Å²) in [6.45, 7) is 1.63. The second kappa shape index (κ2) is 5.87. The van der Waals surface area contributed by atoms with E-state index in [4.69, 9.17) is 16.7 Å². The zero-order valence-corrected chi connectivity index (χ0v) is 14.3. The minimum absolute atomic E-state index is 0.0933. The molecule has 2 rings (SSSR count). The van der Waals surface area contributed by atoms with Crippen molar-refractivity contribution < 1.29 is 18.3 Å². The molecule has 0 saturated heterocycles. The van der Waals surface area contributed by atoms with Crippen LogP contribution in [0.4, 0.5) is 5.95 Å². The molecule has 7 nitrogen and oxygen atoms in total. The van der Waals surface area contributed by atoms with Crippen LogP contribution in [0.3, 0.4) is 0 Å². The van der Waals surface area contributed by atoms with Crippen LogP contribution in [-0.2, 0) is 10.0 Å². The van der Waals surface area contributed by atoms with Crippen LogP contribution in [-0.4, -0.2) is 29.5 Å². The van der Waals surface area contributed by atoms with Crippen LogP contribution in [0.25, 0.3) is 0 Å². The van der Waals surface area contributed by atoms with E-state index in [1.54, 1.807) is 6.92 Å². The Labute approximate surface area is 137 Å². The molecule has 112 valence electrons. The van der Waals surface area contributed by atoms with Crippen molar-refractivity contribution in [2.75, 3.05) is 4.72 Å². The average molecular weight is 413 g/mol. The van der Waals surface area contributed by atoms with Gasteiger partial charge >= 0.3 is 5.97 Å². The summed E-state index contributed by atoms with van der Waals surface area (Å²) in [5, 5.41) is 8.98. The summed E-state index contributed by atoms with van der Waals surface area (Å²) in [4.78, 5) is 18.2. The molecule has 0 saturated carbocycles. The Hall–Kier alpha value is -1.23. The highest BCUT2D eigenvalue weighted by atomic mass is 79.9. The number of halogens is 2. The number of nitrogens with zero attached hydrogens (tertiary/aromatic N) is 2. The molecule has 0 fully saturated rings. The second-order valence-electron chi connectivity index (χ2n) is 3.81. The Balaban J connectivity index is 2.40. The number of hydrogen-bond acceptors (Lipinski definition) is 6. The molecule has 2 aromatic rings. The summed E-state index contributed by atoms with van der Waals surface area (Å²) in [6.07, 6.45) is 0. The number of thiophene rings is 1. The first-order valence-corrected chi connectivity index (χ1v) is 8.73. The Bertz CT molecular complexity index is 801. The highest BCUT2D eigenvalue weighted by Crippen LogP contribution is 2.32. The third kappa shape index (κ3) is 3.70. The number of carboxylic acids is 1. The lowest BCUT2D eigenvalue weighted by molar-refractivity contribution is 0.0702. The summed E-state index contributed by atoms with van der Waals surface area (Å²) in [5.41, 5.74) is 0.489. The van der Waals surface area contributed by atoms with E-state index < -0.39 is 16.0 Å². The van der Waals surface area contributed by atoms with Crippen LogP contribution in [0.15, 0.2) is 20.8 Å². The van der Waals surface area contributed by atoms with Gasteiger partial charge in [-0.3, -0.25) is 0 Å². The van der Waals surface area contributed by atoms with Crippen molar-refractivity contribution in [1.29, 1.82) is 0 Å². The lowest BCUT2D eigenvalue weighted by Crippen LogP contribution is -2.15. The van der Waals surface area contributed by atoms with Gasteiger partial charge in [0.15, 0.2) is 0 Å². The van der Waals surface area contributed by atoms with Crippen molar-refractivity contribution in [3.8, 4) is 0 Å². The van der Waals surface area contributed by atoms with E-state index in [1.165, 1.54) is 6.07 Å². The summed E-state index contributed by atoms with van der Waals surface area (Å²) in [7, 11) is -4.02. The number of rotatable bonds is 4. The first kappa shape index (κ1) is 16.1. The number of hydrogen-bond donors (Lipinski definition) is 2. The van der Waals surface area contributed by atoms with E-state index in [2.05, 4.69) is 30.6 Å². The van der Waals surface area contributed by atoms with Gasteiger partial charge in [0.25, 0.3) is 10.0 Å². The monoisotopic (exact) mass is 411 g/mol. The van der Waals surface area contributed by atoms with Crippen molar-refractivity contribution in [2.24, 2.45) is 0 Å². The van der Waals surface area contributed by atoms with Crippen molar-refractivity contribution in [3.63, 3.8) is 0 Å². The lowest BCUT2D eigenvalue weighted by Gasteiger charge is -2.06. The third-order valence-electron chi connectivity index (χ3n) is 2.20. The third-order valence-corrected chi connectivity index (χ3v) is 5.97. The fourth-order valence-corrected chi connectivity index (χ4v) is 4.98. The molecule has 0 aliphatic heterocycles. The molecule has 2 heterocycles. The number of carboxylic acid groups (broad SMARTS) is 1. The highest BCUT2D eigenvalue weighted by molar-refractivity contribution is 9.11. The van der Waals surface area contributed by atoms with E-state index in [0.29, 0.717) is 5.69 Å². The van der Waals surface area contributed by atoms with Crippen LogP contribution in [0.2, 0.25) is 5.15 Å². The van der Waals surface area contributed by atoms with Crippen LogP contribution in [0.1, 0.15) is 15.4 Å². The number of carbonyl (C=O) groups is 1. The molecule has 21 heavy (non-hydrogen) atoms. The molecular formula is C10H7BrClN3O4S2. The maximum atomic E-state index is 12.2. The van der Waals surface area contributed by atoms with E-state index in [-0.39, 0.29) is 24.7 Å². The molecule has 0 unspecified atom stereocenters. The zero-order valence-electron chi connectivity index (χ0n) is 10.3. The van der Waals surface area contributed by atoms with Gasteiger partial charge in [0.2, 0.25) is 5.95 Å². The van der Waals surface area contributed by atoms with E-state index >= 15 is 0 Å². The second-order valence-corrected chi connectivity index (χ2v) is 8.22. The average Bonchev–Trinajstić information content (AvgIpc) is 2.70. The van der Waals surface area contributed by atoms with Crippen LogP contribution in [0, 0.1) is 6.92 Å². The van der Waals surface area contributed by atoms with Gasteiger partial charge in [-0.25, -0.2) is 27.9 Å². The van der Waals surface area contributed by atoms with Gasteiger partial charge in [0.05, 0.1) is 3.79 Å². The van der Waals surface area contributed by atoms with E-state index in [0.717, 1.165) is 17.4 Å². The van der Waals surface area contributed by atoms with Crippen LogP contribution >= 0.6 is 38.9 Å². The number of anilines is 1. The van der Waals surface area contributed by atoms with Gasteiger partial charge in [-0.15, -0.1) is 11.3 Å². The number of aromatic carboxylic acids is 1. The van der Waals surface area contributed by atoms with Crippen molar-refractivity contribution >= 4 is 60.8 Å². The van der Waals surface area contributed by atoms with Crippen molar-refractivity contribution in [3.05, 3.63) is 31.6 Å². The van der Waals surface area contributed by atoms with Crippen LogP contribution in [0.5, 0.6) is 0 Å². The Kier molecular flexibility index (Phi) is 4.51. The predicted molar refractivity (Wildman–Crippen MR) is 81.6 cm³/mol. The first-order valence-electron chi connectivity index (χ1n) is 5.25. The highest BCUT2D eigenvalue weighted by Gasteiger charge is 2.24. The SMILES string of the molecule is Cc1cc(Cl)nc(NS(=O)(=O)c2cc(C(=O)O)sc2Br)n1. The minimum Gasteiger partial charge on any atom is -0.477 e. The normalized spacial score (nSPS) is 11.4. The molecule has 0 radical (unpaired) electrons. The fraction of sp³-hybridized carbons (Fsp3) is 0.100. The van der Waals surface area contributed by atoms with Crippen LogP contribution < -0.4 is 4.72 Å². The quantitative estimate of drug-likeness (QED) is 0.747. The number of aromatic nitrogens is 2. The Morgan fingerprint density at radius 1 is 1.43 bits per heavy atom. The van der Waals surface area contributed by atoms with Gasteiger partial charge in [0.1, 0.15) is 14.9 Å². The Morgan fingerprint density at radius 2 is 2.10 bits per heavy atom. The molecular weight excluding hydrogens is 406 g/mol. The van der Waals surface area contributed by atoms with Gasteiger partial charge in [-0.1, -0.05) is 11.6 Å². The summed E-state index contributed by atoms with van der Waals surface area (Å²) >= 11 is 9.56. The minimum atomic E-state index is -4.02. The standard InChI is InChI=1S/C10H7BrClN3O4S2/c1-4-2-7(12)14-10(13-4)15-21(18,19)6-3-5(9(16)17)20-8(6)11/h2-3H,1H3,(H,16,17)(H,13,14,15). The fourth-order valence-electron chi connectivity index (χ4n) is 1.39. The smallest absolute Gasteiger partial charge is 0.345 e. The maximum absolute atomic E-state index is 12.2. The molecule has 2 N–H and O–H groups in total. The number of sulfonamides is 1. The largest absolute Gasteiger partial charge is 0.477 e. The molecule has 2 aromatic heterocycles. The number of aryl methyl sites for hydroxylation is 1. The molecule has 0 atom stereocenters. The summed E-state index contributed by atoms with van der Waals surface area (Å²) in [5.74, 6) is -1.40. The van der Waals surface area contributed by atoms with E-state index in [9.17, 15) is 13.2 Å². The molecule has 0 aliphatic carbocycles. The Morgan fingerprint density at radius 3 is 2.62 bits per heavy atom. The topological polar surface area (TPSA) is 109 Å².